The van der Waals surface area contributed by atoms with Crippen LogP contribution in [-0.4, -0.2) is 29.4 Å². The molecule has 0 spiro atoms. The first-order valence-electron chi connectivity index (χ1n) is 3.70. The van der Waals surface area contributed by atoms with Gasteiger partial charge in [0.25, 0.3) is 5.91 Å². The van der Waals surface area contributed by atoms with Crippen molar-refractivity contribution < 1.29 is 4.79 Å². The van der Waals surface area contributed by atoms with E-state index in [2.05, 4.69) is 4.98 Å². The van der Waals surface area contributed by atoms with E-state index in [1.807, 2.05) is 13.0 Å². The van der Waals surface area contributed by atoms with E-state index < -0.39 is 0 Å². The Morgan fingerprint density at radius 3 is 3.00 bits per heavy atom. The Hall–Kier alpha value is -1.41. The number of rotatable bonds is 2. The van der Waals surface area contributed by atoms with Crippen LogP contribution in [0, 0.1) is 18.3 Å². The van der Waals surface area contributed by atoms with Crippen LogP contribution < -0.4 is 0 Å². The second-order valence-corrected chi connectivity index (χ2v) is 3.80. The molecule has 1 rings (SSSR count). The van der Waals surface area contributed by atoms with E-state index in [0.717, 1.165) is 5.01 Å². The Balaban J connectivity index is 2.74. The molecule has 0 aromatic carbocycles. The molecular formula is C8H9N3OS. The van der Waals surface area contributed by atoms with Gasteiger partial charge in [0.2, 0.25) is 0 Å². The number of amides is 1. The lowest BCUT2D eigenvalue weighted by atomic mass is 10.4. The average molecular weight is 195 g/mol. The Bertz CT molecular complexity index is 353. The van der Waals surface area contributed by atoms with E-state index in [1.54, 1.807) is 7.05 Å². The molecule has 0 aliphatic heterocycles. The van der Waals surface area contributed by atoms with Crippen molar-refractivity contribution in [1.29, 1.82) is 5.26 Å². The van der Waals surface area contributed by atoms with Crippen molar-refractivity contribution in [2.45, 2.75) is 6.92 Å². The van der Waals surface area contributed by atoms with Crippen LogP contribution >= 0.6 is 11.3 Å². The third-order valence-corrected chi connectivity index (χ3v) is 2.39. The Morgan fingerprint density at radius 1 is 1.85 bits per heavy atom. The lowest BCUT2D eigenvalue weighted by Gasteiger charge is -2.10. The lowest BCUT2D eigenvalue weighted by Crippen LogP contribution is -2.26. The molecule has 0 fully saturated rings. The van der Waals surface area contributed by atoms with Gasteiger partial charge in [0.05, 0.1) is 17.3 Å². The van der Waals surface area contributed by atoms with Crippen molar-refractivity contribution in [2.24, 2.45) is 0 Å². The molecule has 0 N–H and O–H groups in total. The largest absolute Gasteiger partial charge is 0.328 e. The minimum atomic E-state index is -0.146. The maximum Gasteiger partial charge on any atom is 0.266 e. The highest BCUT2D eigenvalue weighted by molar-refractivity contribution is 7.13. The van der Waals surface area contributed by atoms with Crippen LogP contribution in [0.3, 0.4) is 0 Å². The molecule has 4 nitrogen and oxygen atoms in total. The summed E-state index contributed by atoms with van der Waals surface area (Å²) < 4.78 is 0. The third-order valence-electron chi connectivity index (χ3n) is 1.49. The zero-order valence-electron chi connectivity index (χ0n) is 7.44. The Morgan fingerprint density at radius 2 is 2.54 bits per heavy atom. The summed E-state index contributed by atoms with van der Waals surface area (Å²) in [5.74, 6) is -0.146. The third kappa shape index (κ3) is 2.26. The van der Waals surface area contributed by atoms with Crippen molar-refractivity contribution in [2.75, 3.05) is 13.6 Å². The van der Waals surface area contributed by atoms with E-state index >= 15 is 0 Å². The fraction of sp³-hybridized carbons (Fsp3) is 0.375. The molecule has 0 unspecified atom stereocenters. The normalized spacial score (nSPS) is 9.31. The van der Waals surface area contributed by atoms with Gasteiger partial charge in [-0.05, 0) is 6.92 Å². The highest BCUT2D eigenvalue weighted by Gasteiger charge is 2.13. The molecule has 1 aromatic rings. The van der Waals surface area contributed by atoms with Crippen LogP contribution in [0.1, 0.15) is 14.7 Å². The fourth-order valence-corrected chi connectivity index (χ4v) is 1.60. The van der Waals surface area contributed by atoms with E-state index in [9.17, 15) is 4.79 Å². The van der Waals surface area contributed by atoms with Crippen LogP contribution in [0.2, 0.25) is 0 Å². The maximum atomic E-state index is 11.5. The van der Waals surface area contributed by atoms with Gasteiger partial charge in [0.15, 0.2) is 0 Å². The molecule has 0 aliphatic rings. The summed E-state index contributed by atoms with van der Waals surface area (Å²) >= 11 is 1.34. The van der Waals surface area contributed by atoms with Gasteiger partial charge in [0, 0.05) is 7.05 Å². The van der Waals surface area contributed by atoms with E-state index in [0.29, 0.717) is 4.88 Å². The zero-order valence-corrected chi connectivity index (χ0v) is 8.26. The van der Waals surface area contributed by atoms with Crippen molar-refractivity contribution >= 4 is 17.2 Å². The standard InChI is InChI=1S/C8H9N3OS/c1-6-10-5-7(13-6)8(12)11(2)4-3-9/h5H,4H2,1-2H3. The lowest BCUT2D eigenvalue weighted by molar-refractivity contribution is 0.0816. The molecule has 68 valence electrons. The van der Waals surface area contributed by atoms with Crippen molar-refractivity contribution in [1.82, 2.24) is 9.88 Å². The summed E-state index contributed by atoms with van der Waals surface area (Å²) in [6.07, 6.45) is 1.54. The van der Waals surface area contributed by atoms with Gasteiger partial charge in [-0.2, -0.15) is 5.26 Å². The van der Waals surface area contributed by atoms with Crippen LogP contribution in [0.25, 0.3) is 0 Å². The molecule has 0 radical (unpaired) electrons. The van der Waals surface area contributed by atoms with E-state index in [1.165, 1.54) is 22.4 Å². The molecule has 1 heterocycles. The molecule has 13 heavy (non-hydrogen) atoms. The first kappa shape index (κ1) is 9.68. The van der Waals surface area contributed by atoms with Crippen molar-refractivity contribution in [3.63, 3.8) is 0 Å². The molecule has 5 heteroatoms. The molecule has 0 saturated carbocycles. The number of aryl methyl sites for hydroxylation is 1. The van der Waals surface area contributed by atoms with E-state index in [4.69, 9.17) is 5.26 Å². The van der Waals surface area contributed by atoms with Crippen LogP contribution in [-0.2, 0) is 0 Å². The number of carbonyl (C=O) groups excluding carboxylic acids is 1. The molecule has 0 bridgehead atoms. The quantitative estimate of drug-likeness (QED) is 0.663. The van der Waals surface area contributed by atoms with Gasteiger partial charge in [0.1, 0.15) is 11.4 Å². The highest BCUT2D eigenvalue weighted by Crippen LogP contribution is 2.13. The van der Waals surface area contributed by atoms with Gasteiger partial charge >= 0.3 is 0 Å². The van der Waals surface area contributed by atoms with Crippen LogP contribution in [0.15, 0.2) is 6.20 Å². The first-order chi connectivity index (χ1) is 6.15. The van der Waals surface area contributed by atoms with Crippen LogP contribution in [0.4, 0.5) is 0 Å². The summed E-state index contributed by atoms with van der Waals surface area (Å²) in [7, 11) is 1.60. The predicted molar refractivity (Wildman–Crippen MR) is 49.4 cm³/mol. The minimum Gasteiger partial charge on any atom is -0.328 e. The number of nitrogens with zero attached hydrogens (tertiary/aromatic N) is 3. The van der Waals surface area contributed by atoms with Gasteiger partial charge in [-0.15, -0.1) is 11.3 Å². The number of nitriles is 1. The minimum absolute atomic E-state index is 0.107. The number of hydrogen-bond acceptors (Lipinski definition) is 4. The van der Waals surface area contributed by atoms with Crippen molar-refractivity contribution in [3.05, 3.63) is 16.1 Å². The summed E-state index contributed by atoms with van der Waals surface area (Å²) in [5, 5.41) is 9.24. The molecule has 0 atom stereocenters. The van der Waals surface area contributed by atoms with Gasteiger partial charge in [-0.1, -0.05) is 0 Å². The Kier molecular flexibility index (Phi) is 2.98. The number of carbonyl (C=O) groups is 1. The second kappa shape index (κ2) is 4.01. The SMILES string of the molecule is Cc1ncc(C(=O)N(C)CC#N)s1. The average Bonchev–Trinajstić information content (AvgIpc) is 2.51. The van der Waals surface area contributed by atoms with Gasteiger partial charge in [-0.3, -0.25) is 4.79 Å². The van der Waals surface area contributed by atoms with Crippen LogP contribution in [0.5, 0.6) is 0 Å². The zero-order chi connectivity index (χ0) is 9.84. The van der Waals surface area contributed by atoms with Gasteiger partial charge in [-0.25, -0.2) is 4.98 Å². The highest BCUT2D eigenvalue weighted by atomic mass is 32.1. The number of hydrogen-bond donors (Lipinski definition) is 0. The smallest absolute Gasteiger partial charge is 0.266 e. The molecule has 1 amide bonds. The number of thiazole rings is 1. The topological polar surface area (TPSA) is 57.0 Å². The second-order valence-electron chi connectivity index (χ2n) is 2.56. The summed E-state index contributed by atoms with van der Waals surface area (Å²) in [5.41, 5.74) is 0. The fourth-order valence-electron chi connectivity index (χ4n) is 0.826. The summed E-state index contributed by atoms with van der Waals surface area (Å²) in [6.45, 7) is 1.95. The molecule has 0 saturated heterocycles. The monoisotopic (exact) mass is 195 g/mol. The van der Waals surface area contributed by atoms with E-state index in [-0.39, 0.29) is 12.5 Å². The molecule has 0 aliphatic carbocycles. The Labute approximate surface area is 80.4 Å². The van der Waals surface area contributed by atoms with Crippen molar-refractivity contribution in [3.8, 4) is 6.07 Å². The predicted octanol–water partition coefficient (Wildman–Crippen LogP) is 1.05. The molecule has 1 aromatic heterocycles. The maximum absolute atomic E-state index is 11.5. The summed E-state index contributed by atoms with van der Waals surface area (Å²) in [6, 6.07) is 1.91. The first-order valence-corrected chi connectivity index (χ1v) is 4.51. The number of aromatic nitrogens is 1. The molecular weight excluding hydrogens is 186 g/mol. The summed E-state index contributed by atoms with van der Waals surface area (Å²) in [4.78, 5) is 17.4. The van der Waals surface area contributed by atoms with Gasteiger partial charge < -0.3 is 4.90 Å².